The van der Waals surface area contributed by atoms with Crippen molar-refractivity contribution in [3.8, 4) is 11.3 Å². The van der Waals surface area contributed by atoms with Gasteiger partial charge in [0.15, 0.2) is 0 Å². The average molecular weight is 421 g/mol. The third-order valence-electron chi connectivity index (χ3n) is 4.55. The molecule has 144 valence electrons. The van der Waals surface area contributed by atoms with Gasteiger partial charge in [-0.2, -0.15) is 0 Å². The fourth-order valence-electron chi connectivity index (χ4n) is 3.08. The number of thiophene rings is 1. The van der Waals surface area contributed by atoms with Gasteiger partial charge < -0.3 is 10.3 Å². The maximum Gasteiger partial charge on any atom is 0.261 e. The van der Waals surface area contributed by atoms with E-state index in [1.807, 2.05) is 60.0 Å². The molecule has 2 aromatic carbocycles. The van der Waals surface area contributed by atoms with Gasteiger partial charge in [-0.1, -0.05) is 60.1 Å². The Morgan fingerprint density at radius 2 is 1.69 bits per heavy atom. The first-order valence-electron chi connectivity index (χ1n) is 9.00. The van der Waals surface area contributed by atoms with Crippen LogP contribution in [-0.4, -0.2) is 10.9 Å². The minimum Gasteiger partial charge on any atom is -0.340 e. The number of carbonyl (C=O) groups is 1. The number of nitrogens with one attached hydrogen (secondary N) is 2. The second-order valence-electron chi connectivity index (χ2n) is 6.45. The maximum absolute atomic E-state index is 12.9. The molecule has 1 amide bonds. The summed E-state index contributed by atoms with van der Waals surface area (Å²) in [7, 11) is 0. The zero-order valence-corrected chi connectivity index (χ0v) is 16.8. The number of carbonyl (C=O) groups excluding carboxylic acids is 1. The summed E-state index contributed by atoms with van der Waals surface area (Å²) in [4.78, 5) is 29.2. The van der Waals surface area contributed by atoms with Crippen LogP contribution in [0, 0.1) is 0 Å². The first kappa shape index (κ1) is 19.2. The molecule has 0 saturated heterocycles. The van der Waals surface area contributed by atoms with Gasteiger partial charge in [-0.25, -0.2) is 0 Å². The Hall–Kier alpha value is -3.15. The molecular formula is C23H17ClN2O2S. The smallest absolute Gasteiger partial charge is 0.261 e. The van der Waals surface area contributed by atoms with Crippen molar-refractivity contribution in [1.29, 1.82) is 0 Å². The van der Waals surface area contributed by atoms with Crippen LogP contribution in [0.1, 0.15) is 26.8 Å². The van der Waals surface area contributed by atoms with Crippen molar-refractivity contribution in [1.82, 2.24) is 10.3 Å². The Morgan fingerprint density at radius 1 is 0.931 bits per heavy atom. The van der Waals surface area contributed by atoms with E-state index in [2.05, 4.69) is 10.3 Å². The Morgan fingerprint density at radius 3 is 2.34 bits per heavy atom. The molecule has 0 spiro atoms. The van der Waals surface area contributed by atoms with E-state index < -0.39 is 11.5 Å². The first-order valence-corrected chi connectivity index (χ1v) is 10.3. The lowest BCUT2D eigenvalue weighted by molar-refractivity contribution is 0.0942. The maximum atomic E-state index is 12.9. The van der Waals surface area contributed by atoms with Crippen LogP contribution in [0.2, 0.25) is 5.02 Å². The van der Waals surface area contributed by atoms with E-state index in [1.54, 1.807) is 24.3 Å². The fourth-order valence-corrected chi connectivity index (χ4v) is 4.01. The number of aromatic amines is 1. The molecule has 0 aliphatic rings. The van der Waals surface area contributed by atoms with Crippen molar-refractivity contribution < 1.29 is 4.79 Å². The zero-order valence-electron chi connectivity index (χ0n) is 15.3. The van der Waals surface area contributed by atoms with Crippen LogP contribution in [0.15, 0.2) is 89.0 Å². The van der Waals surface area contributed by atoms with Crippen molar-refractivity contribution in [2.75, 3.05) is 0 Å². The van der Waals surface area contributed by atoms with Crippen LogP contribution in [0.25, 0.3) is 11.3 Å². The van der Waals surface area contributed by atoms with Gasteiger partial charge in [-0.05, 0) is 46.8 Å². The lowest BCUT2D eigenvalue weighted by atomic mass is 10.0. The second-order valence-corrected chi connectivity index (χ2v) is 7.87. The molecule has 0 saturated carbocycles. The molecule has 2 heterocycles. The molecule has 2 N–H and O–H groups in total. The topological polar surface area (TPSA) is 62.0 Å². The summed E-state index contributed by atoms with van der Waals surface area (Å²) in [5.74, 6) is -0.431. The number of amides is 1. The third kappa shape index (κ3) is 4.31. The SMILES string of the molecule is O=C(NC(c1ccc(Cl)cc1)c1cccs1)c1ccc(-c2ccccc2)[nH]c1=O. The molecule has 4 rings (SSSR count). The number of halogens is 1. The van der Waals surface area contributed by atoms with Crippen LogP contribution in [0.5, 0.6) is 0 Å². The summed E-state index contributed by atoms with van der Waals surface area (Å²) in [5, 5.41) is 5.55. The van der Waals surface area contributed by atoms with Crippen molar-refractivity contribution in [3.63, 3.8) is 0 Å². The molecule has 4 aromatic rings. The van der Waals surface area contributed by atoms with E-state index >= 15 is 0 Å². The molecule has 1 unspecified atom stereocenters. The molecule has 2 aromatic heterocycles. The highest BCUT2D eigenvalue weighted by Crippen LogP contribution is 2.27. The highest BCUT2D eigenvalue weighted by atomic mass is 35.5. The molecule has 29 heavy (non-hydrogen) atoms. The molecule has 0 bridgehead atoms. The normalized spacial score (nSPS) is 11.8. The van der Waals surface area contributed by atoms with Crippen LogP contribution < -0.4 is 10.9 Å². The lowest BCUT2D eigenvalue weighted by Gasteiger charge is -2.18. The average Bonchev–Trinajstić information content (AvgIpc) is 3.28. The molecule has 4 nitrogen and oxygen atoms in total. The highest BCUT2D eigenvalue weighted by molar-refractivity contribution is 7.10. The van der Waals surface area contributed by atoms with Gasteiger partial charge in [-0.3, -0.25) is 9.59 Å². The third-order valence-corrected chi connectivity index (χ3v) is 5.73. The van der Waals surface area contributed by atoms with Crippen molar-refractivity contribution >= 4 is 28.8 Å². The summed E-state index contributed by atoms with van der Waals surface area (Å²) in [6.07, 6.45) is 0. The molecular weight excluding hydrogens is 404 g/mol. The number of pyridine rings is 1. The summed E-state index contributed by atoms with van der Waals surface area (Å²) in [6, 6.07) is 23.6. The van der Waals surface area contributed by atoms with Gasteiger partial charge in [0, 0.05) is 15.6 Å². The number of hydrogen-bond donors (Lipinski definition) is 2. The number of H-pyrrole nitrogens is 1. The fraction of sp³-hybridized carbons (Fsp3) is 0.0435. The van der Waals surface area contributed by atoms with Crippen molar-refractivity contribution in [3.05, 3.63) is 116 Å². The van der Waals surface area contributed by atoms with Gasteiger partial charge in [0.25, 0.3) is 11.5 Å². The summed E-state index contributed by atoms with van der Waals surface area (Å²) < 4.78 is 0. The van der Waals surface area contributed by atoms with Crippen LogP contribution in [-0.2, 0) is 0 Å². The quantitative estimate of drug-likeness (QED) is 0.461. The van der Waals surface area contributed by atoms with E-state index in [4.69, 9.17) is 11.6 Å². The Kier molecular flexibility index (Phi) is 5.60. The van der Waals surface area contributed by atoms with Gasteiger partial charge in [0.1, 0.15) is 5.56 Å². The first-order chi connectivity index (χ1) is 14.1. The molecule has 6 heteroatoms. The summed E-state index contributed by atoms with van der Waals surface area (Å²) in [6.45, 7) is 0. The van der Waals surface area contributed by atoms with Crippen LogP contribution >= 0.6 is 22.9 Å². The molecule has 0 aliphatic heterocycles. The Balaban J connectivity index is 1.63. The second kappa shape index (κ2) is 8.47. The van der Waals surface area contributed by atoms with Gasteiger partial charge >= 0.3 is 0 Å². The van der Waals surface area contributed by atoms with E-state index in [-0.39, 0.29) is 11.6 Å². The van der Waals surface area contributed by atoms with E-state index in [1.165, 1.54) is 11.3 Å². The van der Waals surface area contributed by atoms with Crippen molar-refractivity contribution in [2.24, 2.45) is 0 Å². The predicted octanol–water partition coefficient (Wildman–Crippen LogP) is 5.28. The van der Waals surface area contributed by atoms with Crippen molar-refractivity contribution in [2.45, 2.75) is 6.04 Å². The monoisotopic (exact) mass is 420 g/mol. The van der Waals surface area contributed by atoms with Gasteiger partial charge in [-0.15, -0.1) is 11.3 Å². The Bertz CT molecular complexity index is 1170. The highest BCUT2D eigenvalue weighted by Gasteiger charge is 2.20. The number of rotatable bonds is 5. The van der Waals surface area contributed by atoms with Gasteiger partial charge in [0.2, 0.25) is 0 Å². The van der Waals surface area contributed by atoms with Crippen LogP contribution in [0.3, 0.4) is 0 Å². The molecule has 0 radical (unpaired) electrons. The number of hydrogen-bond acceptors (Lipinski definition) is 3. The van der Waals surface area contributed by atoms with E-state index in [0.717, 1.165) is 16.0 Å². The van der Waals surface area contributed by atoms with Gasteiger partial charge in [0.05, 0.1) is 6.04 Å². The zero-order chi connectivity index (χ0) is 20.2. The van der Waals surface area contributed by atoms with E-state index in [0.29, 0.717) is 10.7 Å². The Labute approximate surface area is 176 Å². The molecule has 0 aliphatic carbocycles. The van der Waals surface area contributed by atoms with E-state index in [9.17, 15) is 9.59 Å². The lowest BCUT2D eigenvalue weighted by Crippen LogP contribution is -2.33. The minimum absolute atomic E-state index is 0.0696. The predicted molar refractivity (Wildman–Crippen MR) is 118 cm³/mol. The largest absolute Gasteiger partial charge is 0.340 e. The number of aromatic nitrogens is 1. The molecule has 0 fully saturated rings. The molecule has 1 atom stereocenters. The number of benzene rings is 2. The summed E-state index contributed by atoms with van der Waals surface area (Å²) >= 11 is 7.54. The summed E-state index contributed by atoms with van der Waals surface area (Å²) in [5.41, 5.74) is 2.08. The van der Waals surface area contributed by atoms with Crippen LogP contribution in [0.4, 0.5) is 0 Å². The minimum atomic E-state index is -0.431. The standard InChI is InChI=1S/C23H17ClN2O2S/c24-17-10-8-16(9-11-17)21(20-7-4-14-29-20)26-23(28)18-12-13-19(25-22(18)27)15-5-2-1-3-6-15/h1-14,21H,(H,25,27)(H,26,28).